The maximum Gasteiger partial charge on any atom is 0.242 e. The Labute approximate surface area is 189 Å². The van der Waals surface area contributed by atoms with Gasteiger partial charge in [-0.25, -0.2) is 0 Å². The minimum Gasteiger partial charge on any atom is -0.486 e. The maximum absolute atomic E-state index is 12.8. The van der Waals surface area contributed by atoms with Crippen LogP contribution in [0.2, 0.25) is 0 Å². The Hall–Kier alpha value is -2.45. The molecule has 3 aliphatic rings. The van der Waals surface area contributed by atoms with Gasteiger partial charge in [0.2, 0.25) is 11.8 Å². The van der Waals surface area contributed by atoms with Gasteiger partial charge in [0.1, 0.15) is 17.4 Å². The number of carbonyl (C=O) groups excluding carboxylic acids is 3. The molecule has 1 spiro atoms. The number of hydrogen-bond donors (Lipinski definition) is 1. The molecule has 0 radical (unpaired) electrons. The highest BCUT2D eigenvalue weighted by molar-refractivity contribution is 6.00. The number of rotatable bonds is 6. The molecule has 8 heteroatoms. The number of morpholine rings is 1. The Bertz CT molecular complexity index is 854. The first-order valence-electron chi connectivity index (χ1n) is 11.7. The van der Waals surface area contributed by atoms with Gasteiger partial charge in [-0.3, -0.25) is 19.3 Å². The number of likely N-dealkylation sites (tertiary alicyclic amines) is 1. The fraction of sp³-hybridized carbons (Fsp3) is 0.625. The zero-order chi connectivity index (χ0) is 22.6. The molecule has 0 aromatic heterocycles. The molecule has 2 saturated heterocycles. The van der Waals surface area contributed by atoms with Crippen LogP contribution in [-0.4, -0.2) is 85.0 Å². The average Bonchev–Trinajstić information content (AvgIpc) is 2.96. The maximum atomic E-state index is 12.8. The van der Waals surface area contributed by atoms with Gasteiger partial charge in [-0.15, -0.1) is 0 Å². The van der Waals surface area contributed by atoms with Gasteiger partial charge in [-0.1, -0.05) is 12.1 Å². The molecule has 3 heterocycles. The van der Waals surface area contributed by atoms with E-state index in [-0.39, 0.29) is 30.4 Å². The van der Waals surface area contributed by atoms with Gasteiger partial charge in [-0.2, -0.15) is 0 Å². The highest BCUT2D eigenvalue weighted by Gasteiger charge is 2.44. The van der Waals surface area contributed by atoms with Gasteiger partial charge in [0.05, 0.1) is 25.2 Å². The van der Waals surface area contributed by atoms with E-state index in [4.69, 9.17) is 9.47 Å². The van der Waals surface area contributed by atoms with Crippen LogP contribution in [-0.2, 0) is 14.3 Å². The van der Waals surface area contributed by atoms with Crippen LogP contribution in [0.5, 0.6) is 5.75 Å². The van der Waals surface area contributed by atoms with Gasteiger partial charge in [-0.05, 0) is 38.4 Å². The van der Waals surface area contributed by atoms with Crippen molar-refractivity contribution in [3.8, 4) is 5.75 Å². The van der Waals surface area contributed by atoms with Crippen LogP contribution in [0, 0.1) is 0 Å². The summed E-state index contributed by atoms with van der Waals surface area (Å²) in [4.78, 5) is 42.2. The van der Waals surface area contributed by atoms with Crippen LogP contribution in [0.3, 0.4) is 0 Å². The number of ketones is 1. The minimum atomic E-state index is -0.676. The lowest BCUT2D eigenvalue weighted by Crippen LogP contribution is -2.49. The second-order valence-corrected chi connectivity index (χ2v) is 8.99. The van der Waals surface area contributed by atoms with E-state index in [0.29, 0.717) is 37.2 Å². The number of benzene rings is 1. The number of Topliss-reactive ketones (excluding diaryl/α,β-unsaturated/α-hetero) is 1. The molecule has 2 atom stereocenters. The van der Waals surface area contributed by atoms with Gasteiger partial charge in [0.15, 0.2) is 5.78 Å². The van der Waals surface area contributed by atoms with Crippen molar-refractivity contribution in [2.75, 3.05) is 45.9 Å². The largest absolute Gasteiger partial charge is 0.486 e. The number of amides is 2. The first-order valence-corrected chi connectivity index (χ1v) is 11.7. The SMILES string of the molecule is C[C@H](C(=O)NCCCN1CCOCC1)N1CC[C@@]2(CCC1=O)CC(=O)c1ccccc1O2. The Morgan fingerprint density at radius 2 is 1.94 bits per heavy atom. The van der Waals surface area contributed by atoms with Crippen LogP contribution in [0.4, 0.5) is 0 Å². The number of fused-ring (bicyclic) bond motifs is 1. The fourth-order valence-corrected chi connectivity index (χ4v) is 4.81. The molecule has 8 nitrogen and oxygen atoms in total. The van der Waals surface area contributed by atoms with Crippen LogP contribution in [0.1, 0.15) is 49.4 Å². The number of carbonyl (C=O) groups is 3. The van der Waals surface area contributed by atoms with Crippen molar-refractivity contribution in [1.82, 2.24) is 15.1 Å². The Balaban J connectivity index is 1.30. The zero-order valence-electron chi connectivity index (χ0n) is 18.8. The summed E-state index contributed by atoms with van der Waals surface area (Å²) >= 11 is 0. The minimum absolute atomic E-state index is 0.0545. The van der Waals surface area contributed by atoms with Crippen LogP contribution < -0.4 is 10.1 Å². The molecule has 1 aromatic carbocycles. The Morgan fingerprint density at radius 1 is 1.16 bits per heavy atom. The van der Waals surface area contributed by atoms with Crippen molar-refractivity contribution in [3.05, 3.63) is 29.8 Å². The molecule has 0 unspecified atom stereocenters. The van der Waals surface area contributed by atoms with Gasteiger partial charge in [0.25, 0.3) is 0 Å². The molecule has 3 aliphatic heterocycles. The second kappa shape index (κ2) is 10.0. The first-order chi connectivity index (χ1) is 15.5. The van der Waals surface area contributed by atoms with Crippen molar-refractivity contribution in [2.24, 2.45) is 0 Å². The third kappa shape index (κ3) is 5.13. The number of nitrogens with zero attached hydrogens (tertiary/aromatic N) is 2. The van der Waals surface area contributed by atoms with Gasteiger partial charge < -0.3 is 19.7 Å². The molecule has 174 valence electrons. The molecule has 2 amide bonds. The van der Waals surface area contributed by atoms with E-state index < -0.39 is 11.6 Å². The van der Waals surface area contributed by atoms with E-state index in [1.807, 2.05) is 18.2 Å². The van der Waals surface area contributed by atoms with Crippen LogP contribution in [0.25, 0.3) is 0 Å². The molecule has 4 rings (SSSR count). The lowest BCUT2D eigenvalue weighted by molar-refractivity contribution is -0.139. The molecule has 0 aliphatic carbocycles. The first kappa shape index (κ1) is 22.7. The number of hydrogen-bond acceptors (Lipinski definition) is 6. The summed E-state index contributed by atoms with van der Waals surface area (Å²) in [5.41, 5.74) is -0.0696. The predicted octanol–water partition coefficient (Wildman–Crippen LogP) is 1.63. The molecule has 1 aromatic rings. The van der Waals surface area contributed by atoms with Crippen molar-refractivity contribution in [1.29, 1.82) is 0 Å². The number of para-hydroxylation sites is 1. The normalized spacial score (nSPS) is 25.1. The zero-order valence-corrected chi connectivity index (χ0v) is 18.8. The van der Waals surface area contributed by atoms with Crippen molar-refractivity contribution in [3.63, 3.8) is 0 Å². The van der Waals surface area contributed by atoms with Gasteiger partial charge in [0, 0.05) is 39.0 Å². The summed E-state index contributed by atoms with van der Waals surface area (Å²) in [6, 6.07) is 6.73. The lowest BCUT2D eigenvalue weighted by atomic mass is 9.84. The predicted molar refractivity (Wildman–Crippen MR) is 119 cm³/mol. The Kier molecular flexibility index (Phi) is 7.10. The molecule has 0 saturated carbocycles. The standard InChI is InChI=1S/C24H33N3O5/c1-18(23(30)25-10-4-11-26-13-15-31-16-14-26)27-12-9-24(8-7-22(27)29)17-20(28)19-5-2-3-6-21(19)32-24/h2-3,5-6,18H,4,7-17H2,1H3,(H,25,30)/t18-,24+/m1/s1. The third-order valence-corrected chi connectivity index (χ3v) is 6.82. The van der Waals surface area contributed by atoms with E-state index in [1.165, 1.54) is 0 Å². The number of ether oxygens (including phenoxy) is 2. The molecule has 1 N–H and O–H groups in total. The van der Waals surface area contributed by atoms with Crippen molar-refractivity contribution >= 4 is 17.6 Å². The quantitative estimate of drug-likeness (QED) is 0.673. The Morgan fingerprint density at radius 3 is 2.75 bits per heavy atom. The van der Waals surface area contributed by atoms with E-state index in [2.05, 4.69) is 10.2 Å². The molecule has 2 fully saturated rings. The second-order valence-electron chi connectivity index (χ2n) is 8.99. The van der Waals surface area contributed by atoms with E-state index >= 15 is 0 Å². The van der Waals surface area contributed by atoms with Gasteiger partial charge >= 0.3 is 0 Å². The summed E-state index contributed by atoms with van der Waals surface area (Å²) < 4.78 is 11.6. The fourth-order valence-electron chi connectivity index (χ4n) is 4.81. The highest BCUT2D eigenvalue weighted by atomic mass is 16.5. The lowest BCUT2D eigenvalue weighted by Gasteiger charge is -2.37. The van der Waals surface area contributed by atoms with Crippen molar-refractivity contribution < 1.29 is 23.9 Å². The summed E-state index contributed by atoms with van der Waals surface area (Å²) in [6.45, 7) is 7.08. The molecular weight excluding hydrogens is 410 g/mol. The highest BCUT2D eigenvalue weighted by Crippen LogP contribution is 2.39. The molecule has 0 bridgehead atoms. The molecular formula is C24H33N3O5. The average molecular weight is 444 g/mol. The summed E-state index contributed by atoms with van der Waals surface area (Å²) in [5, 5.41) is 2.98. The van der Waals surface area contributed by atoms with E-state index in [1.54, 1.807) is 17.9 Å². The van der Waals surface area contributed by atoms with Crippen molar-refractivity contribution in [2.45, 2.75) is 50.7 Å². The van der Waals surface area contributed by atoms with E-state index in [0.717, 1.165) is 39.3 Å². The monoisotopic (exact) mass is 443 g/mol. The topological polar surface area (TPSA) is 88.2 Å². The third-order valence-electron chi connectivity index (χ3n) is 6.82. The smallest absolute Gasteiger partial charge is 0.242 e. The van der Waals surface area contributed by atoms with Crippen LogP contribution >= 0.6 is 0 Å². The summed E-state index contributed by atoms with van der Waals surface area (Å²) in [6.07, 6.45) is 2.42. The summed E-state index contributed by atoms with van der Waals surface area (Å²) in [7, 11) is 0. The summed E-state index contributed by atoms with van der Waals surface area (Å²) in [5.74, 6) is 0.449. The van der Waals surface area contributed by atoms with Crippen LogP contribution in [0.15, 0.2) is 24.3 Å². The van der Waals surface area contributed by atoms with E-state index in [9.17, 15) is 14.4 Å². The molecule has 32 heavy (non-hydrogen) atoms. The number of nitrogens with one attached hydrogen (secondary N) is 1.